The van der Waals surface area contributed by atoms with E-state index in [9.17, 15) is 0 Å². The number of ether oxygens (including phenoxy) is 2. The van der Waals surface area contributed by atoms with Crippen molar-refractivity contribution < 1.29 is 9.47 Å². The van der Waals surface area contributed by atoms with Crippen molar-refractivity contribution >= 4 is 17.4 Å². The van der Waals surface area contributed by atoms with Gasteiger partial charge in [-0.05, 0) is 30.4 Å². The van der Waals surface area contributed by atoms with Crippen LogP contribution in [0.5, 0.6) is 0 Å². The minimum absolute atomic E-state index is 0.276. The Morgan fingerprint density at radius 1 is 1.31 bits per heavy atom. The lowest BCUT2D eigenvalue weighted by atomic mass is 10.0. The first-order valence-corrected chi connectivity index (χ1v) is 6.81. The molecule has 1 atom stereocenters. The highest BCUT2D eigenvalue weighted by atomic mass is 32.1. The van der Waals surface area contributed by atoms with E-state index in [2.05, 4.69) is 23.6 Å². The first-order valence-electron chi connectivity index (χ1n) is 5.93. The zero-order valence-electron chi connectivity index (χ0n) is 9.28. The van der Waals surface area contributed by atoms with Gasteiger partial charge in [-0.25, -0.2) is 0 Å². The van der Waals surface area contributed by atoms with Crippen LogP contribution in [0.4, 0.5) is 0 Å². The Morgan fingerprint density at radius 3 is 3.06 bits per heavy atom. The molecule has 16 heavy (non-hydrogen) atoms. The van der Waals surface area contributed by atoms with Crippen LogP contribution in [-0.2, 0) is 9.47 Å². The van der Waals surface area contributed by atoms with E-state index >= 15 is 0 Å². The zero-order chi connectivity index (χ0) is 10.8. The van der Waals surface area contributed by atoms with Gasteiger partial charge in [0.25, 0.3) is 0 Å². The molecule has 2 nitrogen and oxygen atoms in total. The smallest absolute Gasteiger partial charge is 0.210 e. The van der Waals surface area contributed by atoms with E-state index in [4.69, 9.17) is 9.47 Å². The molecule has 1 aromatic rings. The van der Waals surface area contributed by atoms with E-state index in [1.165, 1.54) is 17.7 Å². The van der Waals surface area contributed by atoms with Gasteiger partial charge in [0.05, 0.1) is 6.61 Å². The third kappa shape index (κ3) is 2.02. The normalized spacial score (nSPS) is 32.1. The topological polar surface area (TPSA) is 18.5 Å². The van der Waals surface area contributed by atoms with Crippen LogP contribution in [-0.4, -0.2) is 12.4 Å². The maximum Gasteiger partial charge on any atom is 0.210 e. The minimum Gasteiger partial charge on any atom is -0.467 e. The number of hydrogen-bond acceptors (Lipinski definition) is 3. The summed E-state index contributed by atoms with van der Waals surface area (Å²) in [6.07, 6.45) is 7.63. The van der Waals surface area contributed by atoms with Crippen molar-refractivity contribution in [3.8, 4) is 0 Å². The van der Waals surface area contributed by atoms with Crippen molar-refractivity contribution in [2.24, 2.45) is 0 Å². The average Bonchev–Trinajstić information content (AvgIpc) is 2.92. The maximum absolute atomic E-state index is 6.01. The molecule has 0 aromatic carbocycles. The number of thiophene rings is 1. The summed E-state index contributed by atoms with van der Waals surface area (Å²) >= 11 is 1.75. The third-order valence-corrected chi connectivity index (χ3v) is 4.05. The molecule has 0 bridgehead atoms. The fourth-order valence-corrected chi connectivity index (χ4v) is 3.06. The van der Waals surface area contributed by atoms with Crippen LogP contribution >= 0.6 is 11.3 Å². The predicted molar refractivity (Wildman–Crippen MR) is 65.1 cm³/mol. The Bertz CT molecular complexity index is 375. The monoisotopic (exact) mass is 236 g/mol. The van der Waals surface area contributed by atoms with Crippen LogP contribution in [0.3, 0.4) is 0 Å². The van der Waals surface area contributed by atoms with Crippen molar-refractivity contribution in [3.05, 3.63) is 28.1 Å². The summed E-state index contributed by atoms with van der Waals surface area (Å²) in [6, 6.07) is 4.19. The summed E-state index contributed by atoms with van der Waals surface area (Å²) in [5, 5.41) is 2.09. The quantitative estimate of drug-likeness (QED) is 0.738. The van der Waals surface area contributed by atoms with E-state index in [-0.39, 0.29) is 5.79 Å². The lowest BCUT2D eigenvalue weighted by molar-refractivity contribution is -0.215. The lowest BCUT2D eigenvalue weighted by Crippen LogP contribution is -2.34. The summed E-state index contributed by atoms with van der Waals surface area (Å²) in [7, 11) is 0. The van der Waals surface area contributed by atoms with E-state index < -0.39 is 0 Å². The first-order chi connectivity index (χ1) is 7.86. The molecule has 3 heteroatoms. The summed E-state index contributed by atoms with van der Waals surface area (Å²) in [6.45, 7) is 0.853. The van der Waals surface area contributed by atoms with E-state index in [0.29, 0.717) is 0 Å². The maximum atomic E-state index is 6.01. The molecular weight excluding hydrogens is 220 g/mol. The van der Waals surface area contributed by atoms with Crippen LogP contribution in [0.2, 0.25) is 0 Å². The van der Waals surface area contributed by atoms with Crippen LogP contribution < -0.4 is 0 Å². The van der Waals surface area contributed by atoms with Gasteiger partial charge in [0.2, 0.25) is 5.79 Å². The van der Waals surface area contributed by atoms with Gasteiger partial charge in [0.1, 0.15) is 5.76 Å². The van der Waals surface area contributed by atoms with E-state index in [1.54, 1.807) is 11.3 Å². The molecule has 3 rings (SSSR count). The van der Waals surface area contributed by atoms with E-state index in [0.717, 1.165) is 31.6 Å². The molecular formula is C13H16O2S. The van der Waals surface area contributed by atoms with Gasteiger partial charge in [-0.3, -0.25) is 0 Å². The van der Waals surface area contributed by atoms with Crippen LogP contribution in [0.15, 0.2) is 23.3 Å². The summed E-state index contributed by atoms with van der Waals surface area (Å²) < 4.78 is 11.8. The molecule has 1 unspecified atom stereocenters. The summed E-state index contributed by atoms with van der Waals surface area (Å²) in [4.78, 5) is 1.27. The molecule has 1 aromatic heterocycles. The van der Waals surface area contributed by atoms with Gasteiger partial charge in [-0.1, -0.05) is 6.07 Å². The second-order valence-electron chi connectivity index (χ2n) is 4.44. The lowest BCUT2D eigenvalue weighted by Gasteiger charge is -2.32. The van der Waals surface area contributed by atoms with Gasteiger partial charge >= 0.3 is 0 Å². The molecule has 0 radical (unpaired) electrons. The molecule has 2 fully saturated rings. The molecule has 0 aliphatic carbocycles. The van der Waals surface area contributed by atoms with Crippen molar-refractivity contribution in [1.29, 1.82) is 0 Å². The molecule has 2 aliphatic heterocycles. The van der Waals surface area contributed by atoms with Crippen molar-refractivity contribution in [3.63, 3.8) is 0 Å². The molecule has 2 aliphatic rings. The van der Waals surface area contributed by atoms with Crippen LogP contribution in [0.25, 0.3) is 6.08 Å². The highest BCUT2D eigenvalue weighted by Gasteiger charge is 2.40. The Morgan fingerprint density at radius 2 is 2.31 bits per heavy atom. The Hall–Kier alpha value is -0.800. The highest BCUT2D eigenvalue weighted by molar-refractivity contribution is 7.10. The number of hydrogen-bond donors (Lipinski definition) is 0. The average molecular weight is 236 g/mol. The number of allylic oxidation sites excluding steroid dienone is 1. The Kier molecular flexibility index (Phi) is 2.74. The molecule has 2 saturated heterocycles. The van der Waals surface area contributed by atoms with E-state index in [1.807, 2.05) is 0 Å². The second-order valence-corrected chi connectivity index (χ2v) is 5.42. The standard InChI is InChI=1S/C13H16O2S/c1-2-8-14-13(6-1)7-5-11(15-13)10-12-4-3-9-16-12/h3-4,9-10H,1-2,5-8H2. The summed E-state index contributed by atoms with van der Waals surface area (Å²) in [5.74, 6) is 0.811. The first kappa shape index (κ1) is 10.4. The predicted octanol–water partition coefficient (Wildman–Crippen LogP) is 3.80. The Labute approximate surface area is 99.9 Å². The fraction of sp³-hybridized carbons (Fsp3) is 0.538. The van der Waals surface area contributed by atoms with Crippen molar-refractivity contribution in [1.82, 2.24) is 0 Å². The van der Waals surface area contributed by atoms with Crippen LogP contribution in [0.1, 0.15) is 37.0 Å². The number of rotatable bonds is 1. The molecule has 0 saturated carbocycles. The Balaban J connectivity index is 1.72. The minimum atomic E-state index is -0.276. The summed E-state index contributed by atoms with van der Waals surface area (Å²) in [5.41, 5.74) is 0. The molecule has 1 spiro atoms. The molecule has 3 heterocycles. The third-order valence-electron chi connectivity index (χ3n) is 3.23. The van der Waals surface area contributed by atoms with Gasteiger partial charge in [0, 0.05) is 24.1 Å². The highest BCUT2D eigenvalue weighted by Crippen LogP contribution is 2.40. The van der Waals surface area contributed by atoms with Gasteiger partial charge in [-0.2, -0.15) is 0 Å². The fourth-order valence-electron chi connectivity index (χ4n) is 2.39. The van der Waals surface area contributed by atoms with Gasteiger partial charge in [0.15, 0.2) is 0 Å². The van der Waals surface area contributed by atoms with Crippen molar-refractivity contribution in [2.75, 3.05) is 6.61 Å². The second kappa shape index (κ2) is 4.22. The van der Waals surface area contributed by atoms with Gasteiger partial charge in [-0.15, -0.1) is 11.3 Å². The molecule has 86 valence electrons. The van der Waals surface area contributed by atoms with Crippen LogP contribution in [0, 0.1) is 0 Å². The largest absolute Gasteiger partial charge is 0.467 e. The molecule has 0 amide bonds. The molecule has 0 N–H and O–H groups in total. The zero-order valence-corrected chi connectivity index (χ0v) is 10.1. The van der Waals surface area contributed by atoms with Crippen molar-refractivity contribution in [2.45, 2.75) is 37.9 Å². The SMILES string of the molecule is C(=C1CCC2(CCCCO2)O1)c1cccs1. The van der Waals surface area contributed by atoms with Gasteiger partial charge < -0.3 is 9.47 Å².